The van der Waals surface area contributed by atoms with Crippen molar-refractivity contribution in [2.24, 2.45) is 5.92 Å². The summed E-state index contributed by atoms with van der Waals surface area (Å²) in [4.78, 5) is 3.92. The van der Waals surface area contributed by atoms with Gasteiger partial charge in [-0.05, 0) is 49.4 Å². The van der Waals surface area contributed by atoms with E-state index >= 15 is 0 Å². The van der Waals surface area contributed by atoms with Gasteiger partial charge in [-0.25, -0.2) is 8.78 Å². The zero-order valence-electron chi connectivity index (χ0n) is 21.2. The Kier molecular flexibility index (Phi) is 6.69. The molecule has 12 heteroatoms. The first-order valence-corrected chi connectivity index (χ1v) is 13.3. The summed E-state index contributed by atoms with van der Waals surface area (Å²) in [5, 5.41) is 9.58. The van der Waals surface area contributed by atoms with Crippen molar-refractivity contribution in [2.75, 3.05) is 25.1 Å². The van der Waals surface area contributed by atoms with E-state index in [-0.39, 0.29) is 30.6 Å². The number of aromatic nitrogens is 3. The summed E-state index contributed by atoms with van der Waals surface area (Å²) in [5.74, 6) is -1.19. The fourth-order valence-corrected chi connectivity index (χ4v) is 6.22. The summed E-state index contributed by atoms with van der Waals surface area (Å²) in [5.41, 5.74) is 2.08. The summed E-state index contributed by atoms with van der Waals surface area (Å²) in [6.45, 7) is 1.91. The van der Waals surface area contributed by atoms with Crippen LogP contribution in [0.25, 0.3) is 5.69 Å². The van der Waals surface area contributed by atoms with Gasteiger partial charge in [0.15, 0.2) is 17.4 Å². The number of anilines is 1. The Morgan fingerprint density at radius 3 is 2.38 bits per heavy atom. The predicted molar refractivity (Wildman–Crippen MR) is 135 cm³/mol. The molecule has 0 spiro atoms. The molecule has 0 unspecified atom stereocenters. The van der Waals surface area contributed by atoms with Crippen molar-refractivity contribution in [3.8, 4) is 11.4 Å². The number of ether oxygens (including phenoxy) is 1. The largest absolute Gasteiger partial charge is 0.494 e. The van der Waals surface area contributed by atoms with E-state index < -0.39 is 23.7 Å². The van der Waals surface area contributed by atoms with Crippen LogP contribution in [0.2, 0.25) is 5.02 Å². The van der Waals surface area contributed by atoms with E-state index in [4.69, 9.17) is 16.3 Å². The molecule has 2 aromatic carbocycles. The first kappa shape index (κ1) is 26.3. The van der Waals surface area contributed by atoms with Crippen LogP contribution in [-0.4, -0.2) is 52.1 Å². The maximum absolute atomic E-state index is 14.6. The third-order valence-corrected chi connectivity index (χ3v) is 8.51. The van der Waals surface area contributed by atoms with Crippen molar-refractivity contribution in [1.82, 2.24) is 19.7 Å². The molecule has 0 N–H and O–H groups in total. The molecule has 3 heterocycles. The molecule has 6 nitrogen and oxygen atoms in total. The molecule has 3 aromatic rings. The molecule has 1 aromatic heterocycles. The van der Waals surface area contributed by atoms with E-state index in [0.717, 1.165) is 23.1 Å². The number of nitrogens with zero attached hydrogens (tertiary/aromatic N) is 5. The Balaban J connectivity index is 1.25. The second-order valence-corrected chi connectivity index (χ2v) is 11.0. The number of hydrogen-bond donors (Lipinski definition) is 0. The van der Waals surface area contributed by atoms with E-state index in [0.29, 0.717) is 55.6 Å². The van der Waals surface area contributed by atoms with Crippen LogP contribution in [0, 0.1) is 17.6 Å². The topological polar surface area (TPSA) is 46.4 Å². The molecule has 39 heavy (non-hydrogen) atoms. The minimum Gasteiger partial charge on any atom is -0.494 e. The number of halogens is 6. The average Bonchev–Trinajstić information content (AvgIpc) is 3.19. The number of fused-ring (bicyclic) bond motifs is 3. The van der Waals surface area contributed by atoms with Gasteiger partial charge >= 0.3 is 6.18 Å². The molecular weight excluding hydrogens is 541 g/mol. The van der Waals surface area contributed by atoms with Gasteiger partial charge in [-0.1, -0.05) is 11.6 Å². The van der Waals surface area contributed by atoms with Gasteiger partial charge in [0, 0.05) is 48.7 Å². The van der Waals surface area contributed by atoms with Crippen molar-refractivity contribution in [1.29, 1.82) is 0 Å². The second kappa shape index (κ2) is 9.92. The zero-order chi connectivity index (χ0) is 27.5. The minimum atomic E-state index is -4.17. The normalized spacial score (nSPS) is 22.2. The lowest BCUT2D eigenvalue weighted by Crippen LogP contribution is -2.48. The maximum Gasteiger partial charge on any atom is 0.391 e. The van der Waals surface area contributed by atoms with Crippen LogP contribution in [0.3, 0.4) is 0 Å². The van der Waals surface area contributed by atoms with Gasteiger partial charge in [0.25, 0.3) is 0 Å². The summed E-state index contributed by atoms with van der Waals surface area (Å²) in [6, 6.07) is 7.58. The third kappa shape index (κ3) is 4.84. The van der Waals surface area contributed by atoms with E-state index in [2.05, 4.69) is 10.2 Å². The van der Waals surface area contributed by atoms with Crippen LogP contribution < -0.4 is 9.64 Å². The highest BCUT2D eigenvalue weighted by atomic mass is 35.5. The van der Waals surface area contributed by atoms with Crippen LogP contribution in [0.4, 0.5) is 27.6 Å². The predicted octanol–water partition coefficient (Wildman–Crippen LogP) is 6.25. The van der Waals surface area contributed by atoms with Gasteiger partial charge in [-0.15, -0.1) is 10.2 Å². The van der Waals surface area contributed by atoms with E-state index in [1.165, 1.54) is 13.2 Å². The van der Waals surface area contributed by atoms with Crippen LogP contribution in [0.5, 0.6) is 5.75 Å². The highest BCUT2D eigenvalue weighted by Crippen LogP contribution is 2.45. The molecule has 1 aliphatic carbocycles. The molecule has 208 valence electrons. The number of alkyl halides is 3. The fourth-order valence-electron chi connectivity index (χ4n) is 6.02. The molecule has 2 aliphatic heterocycles. The summed E-state index contributed by atoms with van der Waals surface area (Å²) >= 11 is 6.32. The Morgan fingerprint density at radius 2 is 1.69 bits per heavy atom. The Labute approximate surface area is 227 Å². The van der Waals surface area contributed by atoms with Crippen molar-refractivity contribution in [3.63, 3.8) is 0 Å². The lowest BCUT2D eigenvalue weighted by Gasteiger charge is -2.43. The van der Waals surface area contributed by atoms with Gasteiger partial charge < -0.3 is 9.64 Å². The molecule has 6 rings (SSSR count). The van der Waals surface area contributed by atoms with Crippen molar-refractivity contribution >= 4 is 17.3 Å². The van der Waals surface area contributed by atoms with Gasteiger partial charge in [0.1, 0.15) is 11.6 Å². The molecule has 2 fully saturated rings. The van der Waals surface area contributed by atoms with Gasteiger partial charge in [0.2, 0.25) is 0 Å². The second-order valence-electron chi connectivity index (χ2n) is 10.6. The van der Waals surface area contributed by atoms with Crippen LogP contribution >= 0.6 is 11.6 Å². The maximum atomic E-state index is 14.6. The Bertz CT molecular complexity index is 1380. The standard InChI is InChI=1S/C27H27ClF5N5O/c1-39-24-12-23(20(29)11-21(24)30)36-6-4-15(5-7-36)26-35-34-25-14-37(19-9-17(10-19)27(31,32)33)13-16-8-18(28)2-3-22(16)38(25)26/h2-3,8,11-12,15,17,19H,4-7,9-10,13-14H2,1H3. The van der Waals surface area contributed by atoms with E-state index in [9.17, 15) is 22.0 Å². The van der Waals surface area contributed by atoms with Gasteiger partial charge in [-0.3, -0.25) is 9.47 Å². The summed E-state index contributed by atoms with van der Waals surface area (Å²) < 4.78 is 75.0. The number of piperidine rings is 1. The smallest absolute Gasteiger partial charge is 0.391 e. The van der Waals surface area contributed by atoms with Gasteiger partial charge in [0.05, 0.1) is 30.9 Å². The lowest BCUT2D eigenvalue weighted by molar-refractivity contribution is -0.207. The molecule has 0 amide bonds. The van der Waals surface area contributed by atoms with Gasteiger partial charge in [-0.2, -0.15) is 13.2 Å². The van der Waals surface area contributed by atoms with E-state index in [1.807, 2.05) is 26.5 Å². The average molecular weight is 568 g/mol. The van der Waals surface area contributed by atoms with Crippen LogP contribution in [-0.2, 0) is 13.1 Å². The fraction of sp³-hybridized carbons (Fsp3) is 0.481. The number of rotatable bonds is 4. The molecule has 0 atom stereocenters. The van der Waals surface area contributed by atoms with Crippen molar-refractivity contribution < 1.29 is 26.7 Å². The molecule has 0 bridgehead atoms. The molecule has 3 aliphatic rings. The zero-order valence-corrected chi connectivity index (χ0v) is 21.9. The quantitative estimate of drug-likeness (QED) is 0.349. The lowest BCUT2D eigenvalue weighted by atomic mass is 9.78. The minimum absolute atomic E-state index is 0.0101. The molecule has 1 saturated carbocycles. The number of benzene rings is 2. The summed E-state index contributed by atoms with van der Waals surface area (Å²) in [6.07, 6.45) is -2.69. The molecule has 0 radical (unpaired) electrons. The van der Waals surface area contributed by atoms with E-state index in [1.54, 1.807) is 6.07 Å². The Hall–Kier alpha value is -2.92. The molecule has 1 saturated heterocycles. The SMILES string of the molecule is COc1cc(N2CCC(c3nnc4n3-c3ccc(Cl)cc3CN(C3CC(C(F)(F)F)C3)C4)CC2)c(F)cc1F. The van der Waals surface area contributed by atoms with Crippen molar-refractivity contribution in [3.05, 3.63) is 64.2 Å². The Morgan fingerprint density at radius 1 is 0.949 bits per heavy atom. The number of hydrogen-bond acceptors (Lipinski definition) is 5. The summed E-state index contributed by atoms with van der Waals surface area (Å²) in [7, 11) is 1.34. The van der Waals surface area contributed by atoms with Crippen LogP contribution in [0.15, 0.2) is 30.3 Å². The number of methoxy groups -OCH3 is 1. The van der Waals surface area contributed by atoms with Crippen LogP contribution in [0.1, 0.15) is 48.8 Å². The molecular formula is C27H27ClF5N5O. The third-order valence-electron chi connectivity index (χ3n) is 8.27. The highest BCUT2D eigenvalue weighted by molar-refractivity contribution is 6.30. The highest BCUT2D eigenvalue weighted by Gasteiger charge is 2.50. The first-order chi connectivity index (χ1) is 18.6. The first-order valence-electron chi connectivity index (χ1n) is 12.9. The van der Waals surface area contributed by atoms with Crippen molar-refractivity contribution in [2.45, 2.75) is 56.9 Å². The monoisotopic (exact) mass is 567 g/mol.